The molecule has 28 heavy (non-hydrogen) atoms. The summed E-state index contributed by atoms with van der Waals surface area (Å²) in [6.07, 6.45) is 9.50. The van der Waals surface area contributed by atoms with Crippen LogP contribution < -0.4 is 10.6 Å². The molecule has 2 aromatic heterocycles. The largest absolute Gasteiger partial charge is 0.351 e. The number of aromatic nitrogens is 3. The van der Waals surface area contributed by atoms with Gasteiger partial charge in [-0.15, -0.1) is 0 Å². The number of pyridine rings is 1. The van der Waals surface area contributed by atoms with Gasteiger partial charge >= 0.3 is 0 Å². The number of rotatable bonds is 5. The van der Waals surface area contributed by atoms with Crippen LogP contribution in [0.15, 0.2) is 53.3 Å². The zero-order chi connectivity index (χ0) is 19.3. The molecule has 3 aromatic rings. The van der Waals surface area contributed by atoms with Gasteiger partial charge in [0.15, 0.2) is 0 Å². The van der Waals surface area contributed by atoms with Crippen LogP contribution >= 0.6 is 15.9 Å². The van der Waals surface area contributed by atoms with Crippen LogP contribution in [0, 0.1) is 5.82 Å². The summed E-state index contributed by atoms with van der Waals surface area (Å²) in [6, 6.07) is 11.0. The van der Waals surface area contributed by atoms with Crippen molar-refractivity contribution in [3.05, 3.63) is 59.1 Å². The van der Waals surface area contributed by atoms with Crippen molar-refractivity contribution in [2.75, 3.05) is 10.6 Å². The summed E-state index contributed by atoms with van der Waals surface area (Å²) in [7, 11) is 0. The number of halogens is 2. The van der Waals surface area contributed by atoms with Crippen LogP contribution in [-0.2, 0) is 0 Å². The van der Waals surface area contributed by atoms with Gasteiger partial charge in [-0.1, -0.05) is 19.3 Å². The van der Waals surface area contributed by atoms with E-state index in [0.717, 1.165) is 24.1 Å². The Balaban J connectivity index is 1.65. The predicted molar refractivity (Wildman–Crippen MR) is 113 cm³/mol. The van der Waals surface area contributed by atoms with E-state index in [-0.39, 0.29) is 5.82 Å². The van der Waals surface area contributed by atoms with Crippen LogP contribution in [0.3, 0.4) is 0 Å². The van der Waals surface area contributed by atoms with Crippen LogP contribution in [0.5, 0.6) is 0 Å². The van der Waals surface area contributed by atoms with E-state index in [1.807, 2.05) is 18.2 Å². The SMILES string of the molecule is Fc1cc(Nc2cc(-c3cccnc3)nc(NC3CCCCC3)n2)ccc1Br. The molecule has 0 saturated heterocycles. The van der Waals surface area contributed by atoms with Gasteiger partial charge in [0.1, 0.15) is 11.6 Å². The number of hydrogen-bond donors (Lipinski definition) is 2. The lowest BCUT2D eigenvalue weighted by molar-refractivity contribution is 0.461. The van der Waals surface area contributed by atoms with Gasteiger partial charge in [0, 0.05) is 35.8 Å². The van der Waals surface area contributed by atoms with E-state index in [9.17, 15) is 4.39 Å². The average molecular weight is 442 g/mol. The monoisotopic (exact) mass is 441 g/mol. The highest BCUT2D eigenvalue weighted by molar-refractivity contribution is 9.10. The Morgan fingerprint density at radius 1 is 1.04 bits per heavy atom. The van der Waals surface area contributed by atoms with E-state index in [1.165, 1.54) is 25.3 Å². The smallest absolute Gasteiger partial charge is 0.225 e. The van der Waals surface area contributed by atoms with Gasteiger partial charge in [-0.05, 0) is 59.1 Å². The molecule has 0 spiro atoms. The van der Waals surface area contributed by atoms with Gasteiger partial charge in [0.25, 0.3) is 0 Å². The number of hydrogen-bond acceptors (Lipinski definition) is 5. The fourth-order valence-corrected chi connectivity index (χ4v) is 3.64. The first-order valence-corrected chi connectivity index (χ1v) is 10.2. The first kappa shape index (κ1) is 18.8. The van der Waals surface area contributed by atoms with Gasteiger partial charge in [0.2, 0.25) is 5.95 Å². The molecule has 1 saturated carbocycles. The van der Waals surface area contributed by atoms with Crippen LogP contribution in [0.2, 0.25) is 0 Å². The maximum Gasteiger partial charge on any atom is 0.225 e. The van der Waals surface area contributed by atoms with Crippen molar-refractivity contribution in [3.63, 3.8) is 0 Å². The topological polar surface area (TPSA) is 62.7 Å². The third-order valence-corrected chi connectivity index (χ3v) is 5.46. The third-order valence-electron chi connectivity index (χ3n) is 4.81. The zero-order valence-corrected chi connectivity index (χ0v) is 16.9. The molecule has 0 amide bonds. The molecular weight excluding hydrogens is 421 g/mol. The molecule has 0 bridgehead atoms. The number of anilines is 3. The molecule has 5 nitrogen and oxygen atoms in total. The molecule has 2 heterocycles. The summed E-state index contributed by atoms with van der Waals surface area (Å²) < 4.78 is 14.3. The van der Waals surface area contributed by atoms with E-state index in [2.05, 4.69) is 41.5 Å². The van der Waals surface area contributed by atoms with Gasteiger partial charge in [-0.25, -0.2) is 9.37 Å². The van der Waals surface area contributed by atoms with Gasteiger partial charge in [-0.3, -0.25) is 4.98 Å². The minimum atomic E-state index is -0.327. The fourth-order valence-electron chi connectivity index (χ4n) is 3.39. The minimum Gasteiger partial charge on any atom is -0.351 e. The molecule has 0 unspecified atom stereocenters. The molecule has 4 rings (SSSR count). The van der Waals surface area contributed by atoms with Crippen molar-refractivity contribution >= 4 is 33.4 Å². The lowest BCUT2D eigenvalue weighted by Gasteiger charge is -2.23. The maximum absolute atomic E-state index is 13.9. The Labute approximate surface area is 172 Å². The summed E-state index contributed by atoms with van der Waals surface area (Å²) >= 11 is 3.18. The van der Waals surface area contributed by atoms with Crippen molar-refractivity contribution in [3.8, 4) is 11.3 Å². The second-order valence-electron chi connectivity index (χ2n) is 6.94. The summed E-state index contributed by atoms with van der Waals surface area (Å²) in [5, 5.41) is 6.66. The second kappa shape index (κ2) is 8.65. The van der Waals surface area contributed by atoms with E-state index in [0.29, 0.717) is 28.0 Å². The van der Waals surface area contributed by atoms with E-state index in [1.54, 1.807) is 24.5 Å². The Morgan fingerprint density at radius 2 is 1.89 bits per heavy atom. The molecule has 0 atom stereocenters. The fraction of sp³-hybridized carbons (Fsp3) is 0.286. The van der Waals surface area contributed by atoms with Crippen molar-refractivity contribution in [1.29, 1.82) is 0 Å². The van der Waals surface area contributed by atoms with Gasteiger partial charge in [0.05, 0.1) is 10.2 Å². The van der Waals surface area contributed by atoms with E-state index < -0.39 is 0 Å². The standard InChI is InChI=1S/C21H21BrFN5/c22-17-9-8-16(11-18(17)23)25-20-12-19(14-5-4-10-24-13-14)27-21(28-20)26-15-6-2-1-3-7-15/h4-5,8-13,15H,1-3,6-7H2,(H2,25,26,27,28). The molecule has 1 aromatic carbocycles. The Bertz CT molecular complexity index is 945. The predicted octanol–water partition coefficient (Wildman–Crippen LogP) is 5.93. The Hall–Kier alpha value is -2.54. The summed E-state index contributed by atoms with van der Waals surface area (Å²) in [5.41, 5.74) is 2.29. The highest BCUT2D eigenvalue weighted by atomic mass is 79.9. The molecule has 1 aliphatic rings. The summed E-state index contributed by atoms with van der Waals surface area (Å²) in [6.45, 7) is 0. The zero-order valence-electron chi connectivity index (χ0n) is 15.3. The average Bonchev–Trinajstić information content (AvgIpc) is 2.72. The number of nitrogens with zero attached hydrogens (tertiary/aromatic N) is 3. The summed E-state index contributed by atoms with van der Waals surface area (Å²) in [5.74, 6) is 0.856. The highest BCUT2D eigenvalue weighted by Gasteiger charge is 2.16. The molecule has 2 N–H and O–H groups in total. The molecule has 1 aliphatic carbocycles. The first-order chi connectivity index (χ1) is 13.7. The first-order valence-electron chi connectivity index (χ1n) is 9.45. The van der Waals surface area contributed by atoms with Crippen LogP contribution in [0.1, 0.15) is 32.1 Å². The minimum absolute atomic E-state index is 0.327. The van der Waals surface area contributed by atoms with Crippen LogP contribution in [0.25, 0.3) is 11.3 Å². The third kappa shape index (κ3) is 4.65. The lowest BCUT2D eigenvalue weighted by Crippen LogP contribution is -2.23. The Kier molecular flexibility index (Phi) is 5.81. The van der Waals surface area contributed by atoms with Crippen LogP contribution in [-0.4, -0.2) is 21.0 Å². The van der Waals surface area contributed by atoms with Crippen molar-refractivity contribution in [2.24, 2.45) is 0 Å². The quantitative estimate of drug-likeness (QED) is 0.513. The van der Waals surface area contributed by atoms with Crippen molar-refractivity contribution in [2.45, 2.75) is 38.1 Å². The molecule has 7 heteroatoms. The molecule has 0 radical (unpaired) electrons. The Morgan fingerprint density at radius 3 is 2.64 bits per heavy atom. The van der Waals surface area contributed by atoms with Crippen molar-refractivity contribution < 1.29 is 4.39 Å². The van der Waals surface area contributed by atoms with E-state index >= 15 is 0 Å². The molecule has 144 valence electrons. The van der Waals surface area contributed by atoms with Gasteiger partial charge < -0.3 is 10.6 Å². The molecule has 1 fully saturated rings. The summed E-state index contributed by atoms with van der Waals surface area (Å²) in [4.78, 5) is 13.5. The highest BCUT2D eigenvalue weighted by Crippen LogP contribution is 2.27. The number of nitrogens with one attached hydrogen (secondary N) is 2. The molecule has 0 aliphatic heterocycles. The molecular formula is C21H21BrFN5. The van der Waals surface area contributed by atoms with Crippen LogP contribution in [0.4, 0.5) is 21.8 Å². The van der Waals surface area contributed by atoms with Gasteiger partial charge in [-0.2, -0.15) is 4.98 Å². The second-order valence-corrected chi connectivity index (χ2v) is 7.79. The number of benzene rings is 1. The maximum atomic E-state index is 13.9. The normalized spacial score (nSPS) is 14.6. The van der Waals surface area contributed by atoms with E-state index in [4.69, 9.17) is 0 Å². The lowest BCUT2D eigenvalue weighted by atomic mass is 9.96. The van der Waals surface area contributed by atoms with Crippen molar-refractivity contribution in [1.82, 2.24) is 15.0 Å².